The van der Waals surface area contributed by atoms with Gasteiger partial charge in [-0.05, 0) is 6.08 Å². The van der Waals surface area contributed by atoms with Crippen LogP contribution in [0.5, 0.6) is 0 Å². The summed E-state index contributed by atoms with van der Waals surface area (Å²) in [6, 6.07) is 0. The summed E-state index contributed by atoms with van der Waals surface area (Å²) in [5, 5.41) is 0. The van der Waals surface area contributed by atoms with Gasteiger partial charge in [0.25, 0.3) is 0 Å². The van der Waals surface area contributed by atoms with Crippen molar-refractivity contribution in [1.82, 2.24) is 0 Å². The topological polar surface area (TPSA) is 9.23 Å². The Morgan fingerprint density at radius 1 is 1.60 bits per heavy atom. The van der Waals surface area contributed by atoms with Gasteiger partial charge in [0.05, 0.1) is 24.1 Å². The van der Waals surface area contributed by atoms with Crippen LogP contribution in [0.4, 0.5) is 0 Å². The lowest BCUT2D eigenvalue weighted by Gasteiger charge is -1.76. The van der Waals surface area contributed by atoms with Crippen LogP contribution >= 0.6 is 12.0 Å². The van der Waals surface area contributed by atoms with Crippen molar-refractivity contribution in [3.8, 4) is 0 Å². The molecule has 0 aromatic rings. The van der Waals surface area contributed by atoms with Gasteiger partial charge in [-0.1, -0.05) is 0 Å². The predicted octanol–water partition coefficient (Wildman–Crippen LogP) is 1.34. The van der Waals surface area contributed by atoms with Crippen molar-refractivity contribution in [1.29, 1.82) is 0 Å². The molecule has 1 aliphatic heterocycles. The Balaban J connectivity index is 2.32. The monoisotopic (exact) mass is 87.0 g/mol. The quantitative estimate of drug-likeness (QED) is 0.412. The third-order valence-corrected chi connectivity index (χ3v) is 0.814. The Bertz CT molecular complexity index is 44.9. The molecule has 1 nitrogen and oxygen atoms in total. The summed E-state index contributed by atoms with van der Waals surface area (Å²) < 4.78 is 4.62. The van der Waals surface area contributed by atoms with Crippen molar-refractivity contribution >= 4 is 12.0 Å². The van der Waals surface area contributed by atoms with Gasteiger partial charge < -0.3 is 4.18 Å². The highest BCUT2D eigenvalue weighted by Gasteiger charge is 1.86. The summed E-state index contributed by atoms with van der Waals surface area (Å²) >= 11 is 1.34. The fourth-order valence-corrected chi connectivity index (χ4v) is 0.481. The highest BCUT2D eigenvalue weighted by Crippen LogP contribution is 2.14. The normalized spacial score (nSPS) is 19.2. The van der Waals surface area contributed by atoms with E-state index in [-0.39, 0.29) is 0 Å². The zero-order chi connectivity index (χ0) is 3.54. The molecule has 0 saturated heterocycles. The molecule has 0 saturated carbocycles. The maximum atomic E-state index is 4.62. The van der Waals surface area contributed by atoms with Gasteiger partial charge >= 0.3 is 0 Å². The Kier molecular flexibility index (Phi) is 0.841. The highest BCUT2D eigenvalue weighted by molar-refractivity contribution is 7.97. The fourth-order valence-electron chi connectivity index (χ4n) is 0.160. The molecule has 0 amide bonds. The largest absolute Gasteiger partial charge is 0.433 e. The average Bonchev–Trinajstić information content (AvgIpc) is 1.76. The van der Waals surface area contributed by atoms with E-state index in [2.05, 4.69) is 4.18 Å². The van der Waals surface area contributed by atoms with Crippen LogP contribution in [0.2, 0.25) is 0 Å². The Morgan fingerprint density at radius 2 is 2.60 bits per heavy atom. The van der Waals surface area contributed by atoms with Gasteiger partial charge in [-0.25, -0.2) is 0 Å². The molecule has 27 valence electrons. The van der Waals surface area contributed by atoms with Gasteiger partial charge in [0.2, 0.25) is 0 Å². The van der Waals surface area contributed by atoms with Crippen molar-refractivity contribution in [2.75, 3.05) is 0 Å². The van der Waals surface area contributed by atoms with Gasteiger partial charge in [-0.2, -0.15) is 0 Å². The first-order valence-corrected chi connectivity index (χ1v) is 2.11. The molecular weight excluding hydrogens is 84.1 g/mol. The smallest absolute Gasteiger partial charge is 0.0983 e. The van der Waals surface area contributed by atoms with Crippen LogP contribution < -0.4 is 0 Å². The SMILES string of the molecule is [CH]1C=COS1. The van der Waals surface area contributed by atoms with Crippen LogP contribution in [0.1, 0.15) is 0 Å². The highest BCUT2D eigenvalue weighted by atomic mass is 32.2. The summed E-state index contributed by atoms with van der Waals surface area (Å²) in [6.45, 7) is 0. The van der Waals surface area contributed by atoms with Gasteiger partial charge in [0.15, 0.2) is 0 Å². The summed E-state index contributed by atoms with van der Waals surface area (Å²) in [5.74, 6) is 1.88. The third-order valence-electron chi connectivity index (χ3n) is 0.324. The van der Waals surface area contributed by atoms with Crippen molar-refractivity contribution in [3.63, 3.8) is 0 Å². The minimum absolute atomic E-state index is 1.34. The maximum Gasteiger partial charge on any atom is 0.0983 e. The second-order valence-corrected chi connectivity index (χ2v) is 1.31. The van der Waals surface area contributed by atoms with E-state index in [1.807, 2.05) is 11.8 Å². The van der Waals surface area contributed by atoms with E-state index in [9.17, 15) is 0 Å². The van der Waals surface area contributed by atoms with E-state index in [4.69, 9.17) is 0 Å². The molecule has 1 heterocycles. The lowest BCUT2D eigenvalue weighted by Crippen LogP contribution is -1.42. The lowest BCUT2D eigenvalue weighted by molar-refractivity contribution is 0.579. The molecule has 5 heavy (non-hydrogen) atoms. The second kappa shape index (κ2) is 1.36. The molecule has 0 N–H and O–H groups in total. The first kappa shape index (κ1) is 3.09. The molecule has 2 heteroatoms. The van der Waals surface area contributed by atoms with Crippen LogP contribution in [0.25, 0.3) is 0 Å². The Morgan fingerprint density at radius 3 is 2.80 bits per heavy atom. The molecule has 0 aliphatic carbocycles. The van der Waals surface area contributed by atoms with Crippen molar-refractivity contribution in [2.45, 2.75) is 0 Å². The molecule has 1 aliphatic rings. The van der Waals surface area contributed by atoms with Crippen LogP contribution in [0.15, 0.2) is 12.3 Å². The van der Waals surface area contributed by atoms with E-state index in [0.29, 0.717) is 0 Å². The van der Waals surface area contributed by atoms with Crippen LogP contribution in [0, 0.1) is 5.75 Å². The molecule has 1 rings (SSSR count). The average molecular weight is 87.1 g/mol. The van der Waals surface area contributed by atoms with E-state index in [0.717, 1.165) is 0 Å². The number of hydrogen-bond donors (Lipinski definition) is 0. The van der Waals surface area contributed by atoms with Crippen molar-refractivity contribution in [2.24, 2.45) is 0 Å². The minimum atomic E-state index is 1.34. The van der Waals surface area contributed by atoms with Gasteiger partial charge in [-0.15, -0.1) is 0 Å². The molecule has 0 aromatic carbocycles. The summed E-state index contributed by atoms with van der Waals surface area (Å²) in [7, 11) is 0. The molecular formula is C3H3OS. The molecule has 0 spiro atoms. The summed E-state index contributed by atoms with van der Waals surface area (Å²) in [5.41, 5.74) is 0. The van der Waals surface area contributed by atoms with E-state index >= 15 is 0 Å². The Labute approximate surface area is 35.2 Å². The maximum absolute atomic E-state index is 4.62. The summed E-state index contributed by atoms with van der Waals surface area (Å²) in [4.78, 5) is 0. The van der Waals surface area contributed by atoms with E-state index in [1.54, 1.807) is 6.26 Å². The minimum Gasteiger partial charge on any atom is -0.433 e. The van der Waals surface area contributed by atoms with Crippen molar-refractivity contribution < 1.29 is 4.18 Å². The molecule has 0 fully saturated rings. The van der Waals surface area contributed by atoms with Crippen LogP contribution in [0.3, 0.4) is 0 Å². The standard InChI is InChI=1S/C3H3OS/c1-2-4-5-3-1/h1-3H. The zero-order valence-electron chi connectivity index (χ0n) is 2.55. The molecule has 0 atom stereocenters. The van der Waals surface area contributed by atoms with E-state index in [1.165, 1.54) is 12.0 Å². The molecule has 0 bridgehead atoms. The van der Waals surface area contributed by atoms with E-state index < -0.39 is 0 Å². The first-order valence-electron chi connectivity index (χ1n) is 1.30. The number of hydrogen-bond acceptors (Lipinski definition) is 2. The molecule has 1 radical (unpaired) electrons. The third kappa shape index (κ3) is 0.581. The van der Waals surface area contributed by atoms with Crippen LogP contribution in [-0.4, -0.2) is 0 Å². The fraction of sp³-hybridized carbons (Fsp3) is 0. The first-order chi connectivity index (χ1) is 2.50. The lowest BCUT2D eigenvalue weighted by atomic mass is 10.7. The Hall–Kier alpha value is -0.110. The van der Waals surface area contributed by atoms with Gasteiger partial charge in [0.1, 0.15) is 0 Å². The summed E-state index contributed by atoms with van der Waals surface area (Å²) in [6.07, 6.45) is 3.50. The predicted molar refractivity (Wildman–Crippen MR) is 22.1 cm³/mol. The molecule has 0 unspecified atom stereocenters. The molecule has 0 aromatic heterocycles. The second-order valence-electron chi connectivity index (χ2n) is 0.657. The van der Waals surface area contributed by atoms with Crippen LogP contribution in [-0.2, 0) is 4.18 Å². The number of rotatable bonds is 0. The zero-order valence-corrected chi connectivity index (χ0v) is 3.37. The van der Waals surface area contributed by atoms with Crippen molar-refractivity contribution in [3.05, 3.63) is 18.1 Å². The van der Waals surface area contributed by atoms with Gasteiger partial charge in [-0.3, -0.25) is 0 Å². The van der Waals surface area contributed by atoms with Gasteiger partial charge in [0, 0.05) is 0 Å².